The van der Waals surface area contributed by atoms with Gasteiger partial charge in [-0.05, 0) is 42.7 Å². The third-order valence-corrected chi connectivity index (χ3v) is 5.91. The van der Waals surface area contributed by atoms with Crippen LogP contribution in [-0.2, 0) is 9.59 Å². The van der Waals surface area contributed by atoms with Crippen LogP contribution in [0.1, 0.15) is 34.8 Å². The number of amides is 5. The smallest absolute Gasteiger partial charge is 0.321 e. The van der Waals surface area contributed by atoms with E-state index in [1.165, 1.54) is 0 Å². The summed E-state index contributed by atoms with van der Waals surface area (Å²) in [5.41, 5.74) is 2.44. The second-order valence-corrected chi connectivity index (χ2v) is 8.13. The summed E-state index contributed by atoms with van der Waals surface area (Å²) in [6.45, 7) is 0.913. The quantitative estimate of drug-likeness (QED) is 0.643. The van der Waals surface area contributed by atoms with Gasteiger partial charge in [-0.15, -0.1) is 0 Å². The molecule has 0 aromatic heterocycles. The van der Waals surface area contributed by atoms with Crippen molar-refractivity contribution >= 4 is 35.1 Å². The Labute approximate surface area is 184 Å². The molecule has 1 saturated carbocycles. The lowest BCUT2D eigenvalue weighted by Crippen LogP contribution is -2.42. The van der Waals surface area contributed by atoms with Crippen molar-refractivity contribution < 1.29 is 19.2 Å². The minimum Gasteiger partial charge on any atom is -0.345 e. The zero-order chi connectivity index (χ0) is 22.2. The monoisotopic (exact) mass is 433 g/mol. The molecule has 2 aromatic carbocycles. The summed E-state index contributed by atoms with van der Waals surface area (Å²) in [4.78, 5) is 53.3. The van der Waals surface area contributed by atoms with Gasteiger partial charge in [0.2, 0.25) is 11.8 Å². The molecule has 0 spiro atoms. The maximum Gasteiger partial charge on any atom is 0.321 e. The Morgan fingerprint density at radius 2 is 1.88 bits per heavy atom. The number of fused-ring (bicyclic) bond motifs is 1. The maximum absolute atomic E-state index is 13.0. The average Bonchev–Trinajstić information content (AvgIpc) is 3.47. The number of nitrogens with one attached hydrogen (secondary N) is 3. The van der Waals surface area contributed by atoms with E-state index in [-0.39, 0.29) is 30.4 Å². The van der Waals surface area contributed by atoms with Crippen molar-refractivity contribution in [1.29, 1.82) is 0 Å². The summed E-state index contributed by atoms with van der Waals surface area (Å²) in [5.74, 6) is -0.889. The summed E-state index contributed by atoms with van der Waals surface area (Å²) in [6, 6.07) is 13.3. The molecule has 2 aliphatic heterocycles. The maximum atomic E-state index is 13.0. The summed E-state index contributed by atoms with van der Waals surface area (Å²) in [7, 11) is 0. The first-order valence-corrected chi connectivity index (χ1v) is 10.7. The predicted molar refractivity (Wildman–Crippen MR) is 117 cm³/mol. The van der Waals surface area contributed by atoms with E-state index in [4.69, 9.17) is 0 Å². The second-order valence-electron chi connectivity index (χ2n) is 8.13. The van der Waals surface area contributed by atoms with Gasteiger partial charge < -0.3 is 20.9 Å². The van der Waals surface area contributed by atoms with E-state index in [0.717, 1.165) is 12.8 Å². The van der Waals surface area contributed by atoms with Crippen LogP contribution in [0.5, 0.6) is 0 Å². The van der Waals surface area contributed by atoms with E-state index >= 15 is 0 Å². The number of anilines is 2. The molecule has 5 rings (SSSR count). The van der Waals surface area contributed by atoms with Gasteiger partial charge in [0.15, 0.2) is 0 Å². The fraction of sp³-hybridized carbons (Fsp3) is 0.304. The number of carbonyl (C=O) groups excluding carboxylic acids is 4. The highest BCUT2D eigenvalue weighted by atomic mass is 16.2. The zero-order valence-electron chi connectivity index (χ0n) is 17.3. The van der Waals surface area contributed by atoms with Crippen LogP contribution >= 0.6 is 0 Å². The molecule has 9 nitrogen and oxygen atoms in total. The van der Waals surface area contributed by atoms with Gasteiger partial charge >= 0.3 is 6.03 Å². The van der Waals surface area contributed by atoms with Gasteiger partial charge in [-0.2, -0.15) is 0 Å². The Balaban J connectivity index is 1.23. The molecular weight excluding hydrogens is 410 g/mol. The molecule has 0 radical (unpaired) electrons. The van der Waals surface area contributed by atoms with Crippen LogP contribution in [0.2, 0.25) is 0 Å². The van der Waals surface area contributed by atoms with E-state index in [0.29, 0.717) is 35.6 Å². The van der Waals surface area contributed by atoms with Gasteiger partial charge in [-0.1, -0.05) is 24.3 Å². The van der Waals surface area contributed by atoms with E-state index < -0.39 is 11.9 Å². The van der Waals surface area contributed by atoms with Crippen LogP contribution in [0.4, 0.5) is 16.2 Å². The molecule has 1 saturated heterocycles. The van der Waals surface area contributed by atoms with Crippen molar-refractivity contribution in [2.24, 2.45) is 0 Å². The minimum absolute atomic E-state index is 0.0741. The first-order chi connectivity index (χ1) is 15.5. The standard InChI is InChI=1S/C23H23N5O4/c29-19(26-14-4-3-5-16(12-14)27-11-10-24-23(27)32)13-25-21(30)20-17-6-1-2-7-18(17)22(31)28(20)15-8-9-15/h1-7,12,15,20H,8-11,13H2,(H,24,32)(H,25,30)(H,26,29). The van der Waals surface area contributed by atoms with Crippen molar-refractivity contribution in [2.75, 3.05) is 29.9 Å². The van der Waals surface area contributed by atoms with E-state index in [1.807, 2.05) is 6.07 Å². The highest BCUT2D eigenvalue weighted by Gasteiger charge is 2.47. The molecule has 3 N–H and O–H groups in total. The number of hydrogen-bond acceptors (Lipinski definition) is 4. The SMILES string of the molecule is O=C(CNC(=O)C1c2ccccc2C(=O)N1C1CC1)Nc1cccc(N2CCNC2=O)c1. The van der Waals surface area contributed by atoms with Gasteiger partial charge in [0.05, 0.1) is 6.54 Å². The molecule has 9 heteroatoms. The lowest BCUT2D eigenvalue weighted by Gasteiger charge is -2.24. The van der Waals surface area contributed by atoms with E-state index in [2.05, 4.69) is 16.0 Å². The fourth-order valence-corrected chi connectivity index (χ4v) is 4.27. The lowest BCUT2D eigenvalue weighted by atomic mass is 10.0. The van der Waals surface area contributed by atoms with Crippen LogP contribution in [-0.4, -0.2) is 54.3 Å². The highest BCUT2D eigenvalue weighted by molar-refractivity contribution is 6.06. The summed E-state index contributed by atoms with van der Waals surface area (Å²) in [5, 5.41) is 8.16. The number of urea groups is 1. The topological polar surface area (TPSA) is 111 Å². The first-order valence-electron chi connectivity index (χ1n) is 10.7. The molecule has 2 fully saturated rings. The number of carbonyl (C=O) groups is 4. The van der Waals surface area contributed by atoms with Gasteiger partial charge in [-0.3, -0.25) is 19.3 Å². The van der Waals surface area contributed by atoms with Gasteiger partial charge in [0.25, 0.3) is 5.91 Å². The van der Waals surface area contributed by atoms with Crippen molar-refractivity contribution in [3.05, 3.63) is 59.7 Å². The number of benzene rings is 2. The Morgan fingerprint density at radius 1 is 1.06 bits per heavy atom. The Bertz CT molecular complexity index is 1110. The second kappa shape index (κ2) is 7.99. The molecule has 1 atom stereocenters. The van der Waals surface area contributed by atoms with Crippen LogP contribution in [0.15, 0.2) is 48.5 Å². The fourth-order valence-electron chi connectivity index (χ4n) is 4.27. The van der Waals surface area contributed by atoms with Crippen molar-refractivity contribution in [2.45, 2.75) is 24.9 Å². The van der Waals surface area contributed by atoms with Crippen LogP contribution in [0, 0.1) is 0 Å². The number of hydrogen-bond donors (Lipinski definition) is 3. The number of rotatable bonds is 6. The van der Waals surface area contributed by atoms with E-state index in [1.54, 1.807) is 52.3 Å². The zero-order valence-corrected chi connectivity index (χ0v) is 17.3. The molecule has 2 heterocycles. The summed E-state index contributed by atoms with van der Waals surface area (Å²) >= 11 is 0. The molecule has 3 aliphatic rings. The minimum atomic E-state index is -0.712. The molecule has 1 unspecified atom stereocenters. The Hall–Kier alpha value is -3.88. The molecule has 5 amide bonds. The third-order valence-electron chi connectivity index (χ3n) is 5.91. The van der Waals surface area contributed by atoms with Crippen molar-refractivity contribution in [1.82, 2.24) is 15.5 Å². The molecule has 1 aliphatic carbocycles. The predicted octanol–water partition coefficient (Wildman–Crippen LogP) is 1.63. The molecule has 0 bridgehead atoms. The molecule has 164 valence electrons. The van der Waals surface area contributed by atoms with Crippen LogP contribution in [0.25, 0.3) is 0 Å². The molecule has 2 aromatic rings. The molecule has 32 heavy (non-hydrogen) atoms. The normalized spacial score (nSPS) is 19.6. The third kappa shape index (κ3) is 3.66. The van der Waals surface area contributed by atoms with Gasteiger partial charge in [0.1, 0.15) is 6.04 Å². The summed E-state index contributed by atoms with van der Waals surface area (Å²) in [6.07, 6.45) is 1.77. The Kier molecular flexibility index (Phi) is 5.01. The highest BCUT2D eigenvalue weighted by Crippen LogP contribution is 2.41. The molecular formula is C23H23N5O4. The number of nitrogens with zero attached hydrogens (tertiary/aromatic N) is 2. The average molecular weight is 433 g/mol. The van der Waals surface area contributed by atoms with Gasteiger partial charge in [-0.25, -0.2) is 4.79 Å². The van der Waals surface area contributed by atoms with Crippen molar-refractivity contribution in [3.63, 3.8) is 0 Å². The first kappa shape index (κ1) is 20.0. The largest absolute Gasteiger partial charge is 0.345 e. The van der Waals surface area contributed by atoms with Crippen LogP contribution in [0.3, 0.4) is 0 Å². The summed E-state index contributed by atoms with van der Waals surface area (Å²) < 4.78 is 0. The Morgan fingerprint density at radius 3 is 2.62 bits per heavy atom. The van der Waals surface area contributed by atoms with Gasteiger partial charge in [0, 0.05) is 36.1 Å². The van der Waals surface area contributed by atoms with E-state index in [9.17, 15) is 19.2 Å². The van der Waals surface area contributed by atoms with Crippen LogP contribution < -0.4 is 20.9 Å². The lowest BCUT2D eigenvalue weighted by molar-refractivity contribution is -0.127. The van der Waals surface area contributed by atoms with Crippen molar-refractivity contribution in [3.8, 4) is 0 Å².